The molecule has 0 bridgehead atoms. The predicted molar refractivity (Wildman–Crippen MR) is 86.5 cm³/mol. The predicted octanol–water partition coefficient (Wildman–Crippen LogP) is 3.93. The Morgan fingerprint density at radius 1 is 1.14 bits per heavy atom. The molecule has 21 heavy (non-hydrogen) atoms. The maximum Gasteiger partial charge on any atom is 0.198 e. The summed E-state index contributed by atoms with van der Waals surface area (Å²) in [5.74, 6) is 0.722. The summed E-state index contributed by atoms with van der Waals surface area (Å²) in [6, 6.07) is 8.09. The quantitative estimate of drug-likeness (QED) is 0.654. The molecule has 0 aliphatic carbocycles. The van der Waals surface area contributed by atoms with E-state index in [0.717, 1.165) is 0 Å². The Morgan fingerprint density at radius 2 is 1.81 bits per heavy atom. The number of carbonyl (C=O) groups excluding carboxylic acids is 1. The summed E-state index contributed by atoms with van der Waals surface area (Å²) in [6.07, 6.45) is 0. The standard InChI is InChI=1S/C15H13BrClNO3/c1-20-12-6-5-10(15(21-2)13(12)16)14(19)9-4-3-8(18)7-11(9)17/h3-7H,18H2,1-2H3. The maximum atomic E-state index is 12.6. The Hall–Kier alpha value is -1.72. The Balaban J connectivity index is 2.55. The van der Waals surface area contributed by atoms with Gasteiger partial charge in [0.1, 0.15) is 16.0 Å². The van der Waals surface area contributed by atoms with E-state index in [1.165, 1.54) is 14.2 Å². The normalized spacial score (nSPS) is 10.3. The Bertz CT molecular complexity index is 704. The summed E-state index contributed by atoms with van der Waals surface area (Å²) in [6.45, 7) is 0. The molecule has 4 nitrogen and oxygen atoms in total. The first kappa shape index (κ1) is 15.7. The van der Waals surface area contributed by atoms with Gasteiger partial charge in [0.25, 0.3) is 0 Å². The summed E-state index contributed by atoms with van der Waals surface area (Å²) < 4.78 is 11.1. The van der Waals surface area contributed by atoms with Crippen molar-refractivity contribution in [3.63, 3.8) is 0 Å². The van der Waals surface area contributed by atoms with Crippen LogP contribution in [0.3, 0.4) is 0 Å². The van der Waals surface area contributed by atoms with Crippen LogP contribution in [0, 0.1) is 0 Å². The van der Waals surface area contributed by atoms with E-state index in [1.807, 2.05) is 0 Å². The van der Waals surface area contributed by atoms with E-state index < -0.39 is 0 Å². The topological polar surface area (TPSA) is 61.5 Å². The fraction of sp³-hybridized carbons (Fsp3) is 0.133. The van der Waals surface area contributed by atoms with Crippen LogP contribution in [0.2, 0.25) is 5.02 Å². The van der Waals surface area contributed by atoms with E-state index in [0.29, 0.717) is 37.8 Å². The molecule has 0 unspecified atom stereocenters. The second-order valence-electron chi connectivity index (χ2n) is 4.23. The van der Waals surface area contributed by atoms with Crippen LogP contribution in [-0.4, -0.2) is 20.0 Å². The summed E-state index contributed by atoms with van der Waals surface area (Å²) in [7, 11) is 3.03. The molecule has 0 saturated carbocycles. The monoisotopic (exact) mass is 369 g/mol. The summed E-state index contributed by atoms with van der Waals surface area (Å²) in [4.78, 5) is 12.6. The fourth-order valence-electron chi connectivity index (χ4n) is 1.93. The van der Waals surface area contributed by atoms with E-state index in [4.69, 9.17) is 26.8 Å². The largest absolute Gasteiger partial charge is 0.495 e. The second kappa shape index (κ2) is 6.37. The Labute approximate surface area is 135 Å². The molecule has 2 aromatic rings. The number of hydrogen-bond donors (Lipinski definition) is 1. The fourth-order valence-corrected chi connectivity index (χ4v) is 2.88. The van der Waals surface area contributed by atoms with Crippen LogP contribution in [0.4, 0.5) is 5.69 Å². The molecule has 0 atom stereocenters. The molecule has 0 radical (unpaired) electrons. The molecule has 0 saturated heterocycles. The third kappa shape index (κ3) is 2.99. The third-order valence-corrected chi connectivity index (χ3v) is 4.03. The number of methoxy groups -OCH3 is 2. The molecule has 0 spiro atoms. The van der Waals surface area contributed by atoms with Crippen molar-refractivity contribution >= 4 is 39.0 Å². The molecule has 2 aromatic carbocycles. The molecule has 2 rings (SSSR count). The lowest BCUT2D eigenvalue weighted by Gasteiger charge is -2.13. The smallest absolute Gasteiger partial charge is 0.198 e. The lowest BCUT2D eigenvalue weighted by Crippen LogP contribution is -2.06. The van der Waals surface area contributed by atoms with Crippen LogP contribution in [0.5, 0.6) is 11.5 Å². The van der Waals surface area contributed by atoms with Gasteiger partial charge in [0.05, 0.1) is 24.8 Å². The van der Waals surface area contributed by atoms with Gasteiger partial charge >= 0.3 is 0 Å². The minimum atomic E-state index is -0.250. The highest BCUT2D eigenvalue weighted by molar-refractivity contribution is 9.10. The Morgan fingerprint density at radius 3 is 2.38 bits per heavy atom. The van der Waals surface area contributed by atoms with Crippen LogP contribution in [0.1, 0.15) is 15.9 Å². The number of anilines is 1. The van der Waals surface area contributed by atoms with Gasteiger partial charge in [-0.2, -0.15) is 0 Å². The number of hydrogen-bond acceptors (Lipinski definition) is 4. The van der Waals surface area contributed by atoms with Crippen LogP contribution < -0.4 is 15.2 Å². The lowest BCUT2D eigenvalue weighted by atomic mass is 10.0. The molecule has 0 aromatic heterocycles. The van der Waals surface area contributed by atoms with Crippen molar-refractivity contribution in [1.82, 2.24) is 0 Å². The van der Waals surface area contributed by atoms with Crippen molar-refractivity contribution in [3.05, 3.63) is 51.0 Å². The molecule has 110 valence electrons. The SMILES string of the molecule is COc1ccc(C(=O)c2ccc(N)cc2Cl)c(OC)c1Br. The Kier molecular flexibility index (Phi) is 4.75. The number of ether oxygens (including phenoxy) is 2. The van der Waals surface area contributed by atoms with Crippen LogP contribution in [0.15, 0.2) is 34.8 Å². The number of rotatable bonds is 4. The summed E-state index contributed by atoms with van der Waals surface area (Å²) >= 11 is 9.46. The summed E-state index contributed by atoms with van der Waals surface area (Å²) in [5, 5.41) is 0.300. The van der Waals surface area contributed by atoms with Gasteiger partial charge in [0.15, 0.2) is 5.78 Å². The van der Waals surface area contributed by atoms with Crippen molar-refractivity contribution in [2.75, 3.05) is 20.0 Å². The van der Waals surface area contributed by atoms with E-state index in [9.17, 15) is 4.79 Å². The minimum absolute atomic E-state index is 0.250. The molecular formula is C15H13BrClNO3. The van der Waals surface area contributed by atoms with Crippen molar-refractivity contribution in [2.45, 2.75) is 0 Å². The molecule has 6 heteroatoms. The minimum Gasteiger partial charge on any atom is -0.495 e. The van der Waals surface area contributed by atoms with Gasteiger partial charge in [-0.15, -0.1) is 0 Å². The highest BCUT2D eigenvalue weighted by Gasteiger charge is 2.21. The summed E-state index contributed by atoms with van der Waals surface area (Å²) in [5.41, 5.74) is 6.89. The molecular weight excluding hydrogens is 358 g/mol. The molecule has 0 fully saturated rings. The van der Waals surface area contributed by atoms with Crippen LogP contribution in [-0.2, 0) is 0 Å². The van der Waals surface area contributed by atoms with Gasteiger partial charge in [-0.1, -0.05) is 11.6 Å². The van der Waals surface area contributed by atoms with Gasteiger partial charge in [0.2, 0.25) is 0 Å². The second-order valence-corrected chi connectivity index (χ2v) is 5.43. The molecule has 0 amide bonds. The number of carbonyl (C=O) groups is 1. The number of ketones is 1. The number of nitrogen functional groups attached to an aromatic ring is 1. The van der Waals surface area contributed by atoms with E-state index in [-0.39, 0.29) is 5.78 Å². The number of nitrogens with two attached hydrogens (primary N) is 1. The van der Waals surface area contributed by atoms with Crippen molar-refractivity contribution < 1.29 is 14.3 Å². The average Bonchev–Trinajstić information content (AvgIpc) is 2.46. The third-order valence-electron chi connectivity index (χ3n) is 2.97. The highest BCUT2D eigenvalue weighted by Crippen LogP contribution is 2.38. The van der Waals surface area contributed by atoms with Crippen LogP contribution in [0.25, 0.3) is 0 Å². The zero-order chi connectivity index (χ0) is 15.6. The average molecular weight is 371 g/mol. The van der Waals surface area contributed by atoms with E-state index in [1.54, 1.807) is 30.3 Å². The van der Waals surface area contributed by atoms with Gasteiger partial charge in [-0.05, 0) is 46.3 Å². The van der Waals surface area contributed by atoms with E-state index in [2.05, 4.69) is 15.9 Å². The molecule has 0 aliphatic rings. The zero-order valence-electron chi connectivity index (χ0n) is 11.4. The number of benzene rings is 2. The van der Waals surface area contributed by atoms with Crippen LogP contribution >= 0.6 is 27.5 Å². The first-order valence-electron chi connectivity index (χ1n) is 5.99. The zero-order valence-corrected chi connectivity index (χ0v) is 13.8. The van der Waals surface area contributed by atoms with Gasteiger partial charge in [0, 0.05) is 11.3 Å². The molecule has 0 aliphatic heterocycles. The highest BCUT2D eigenvalue weighted by atomic mass is 79.9. The lowest BCUT2D eigenvalue weighted by molar-refractivity contribution is 0.103. The maximum absolute atomic E-state index is 12.6. The van der Waals surface area contributed by atoms with E-state index >= 15 is 0 Å². The molecule has 2 N–H and O–H groups in total. The molecule has 0 heterocycles. The van der Waals surface area contributed by atoms with Crippen molar-refractivity contribution in [2.24, 2.45) is 0 Å². The van der Waals surface area contributed by atoms with Gasteiger partial charge < -0.3 is 15.2 Å². The first-order valence-corrected chi connectivity index (χ1v) is 7.17. The number of halogens is 2. The van der Waals surface area contributed by atoms with Gasteiger partial charge in [-0.25, -0.2) is 0 Å². The van der Waals surface area contributed by atoms with Crippen molar-refractivity contribution in [3.8, 4) is 11.5 Å². The first-order chi connectivity index (χ1) is 9.99. The van der Waals surface area contributed by atoms with Gasteiger partial charge in [-0.3, -0.25) is 4.79 Å². The van der Waals surface area contributed by atoms with Crippen molar-refractivity contribution in [1.29, 1.82) is 0 Å².